The van der Waals surface area contributed by atoms with Crippen LogP contribution in [0.2, 0.25) is 0 Å². The van der Waals surface area contributed by atoms with E-state index in [1.807, 2.05) is 0 Å². The molecule has 264 valence electrons. The Kier molecular flexibility index (Phi) is 7.66. The molecule has 0 aliphatic heterocycles. The zero-order chi connectivity index (χ0) is 36.6. The third-order valence-corrected chi connectivity index (χ3v) is 12.2. The van der Waals surface area contributed by atoms with Crippen LogP contribution in [0.3, 0.4) is 0 Å². The highest BCUT2D eigenvalue weighted by molar-refractivity contribution is 6.12. The van der Waals surface area contributed by atoms with Crippen molar-refractivity contribution < 1.29 is 4.42 Å². The second kappa shape index (κ2) is 12.6. The van der Waals surface area contributed by atoms with Gasteiger partial charge >= 0.3 is 0 Å². The van der Waals surface area contributed by atoms with Crippen molar-refractivity contribution in [3.63, 3.8) is 0 Å². The van der Waals surface area contributed by atoms with E-state index in [0.29, 0.717) is 0 Å². The first-order valence-corrected chi connectivity index (χ1v) is 19.7. The standard InChI is InChI=1S/C52H45NO/c1-5-7-14-35-29-36(20-19-33(35)13-6-2)38-22-28-48-44(31-38)43-30-37(34-15-9-8-10-16-34)21-27-47(43)53(48)39-23-24-42-46(32-39)52(3,4)45-26-25-41-40-17-11-12-18-49(40)54-51(41)50(42)45/h5,7-10,12,15-16,18-32H,6,11,13-14,17H2,1-4H3/b7-5-. The van der Waals surface area contributed by atoms with Gasteiger partial charge in [0.2, 0.25) is 0 Å². The predicted octanol–water partition coefficient (Wildman–Crippen LogP) is 14.2. The summed E-state index contributed by atoms with van der Waals surface area (Å²) in [5.41, 5.74) is 19.0. The maximum Gasteiger partial charge on any atom is 0.143 e. The van der Waals surface area contributed by atoms with Gasteiger partial charge in [0.25, 0.3) is 0 Å². The molecule has 2 aromatic heterocycles. The summed E-state index contributed by atoms with van der Waals surface area (Å²) in [6.07, 6.45) is 14.2. The summed E-state index contributed by atoms with van der Waals surface area (Å²) in [6, 6.07) is 43.7. The van der Waals surface area contributed by atoms with E-state index in [4.69, 9.17) is 4.42 Å². The van der Waals surface area contributed by atoms with Crippen LogP contribution in [-0.4, -0.2) is 4.57 Å². The molecule has 2 heterocycles. The Labute approximate surface area is 318 Å². The molecular formula is C52H45NO. The van der Waals surface area contributed by atoms with Crippen LogP contribution in [0, 0.1) is 0 Å². The van der Waals surface area contributed by atoms with E-state index in [-0.39, 0.29) is 5.41 Å². The van der Waals surface area contributed by atoms with Gasteiger partial charge in [0.15, 0.2) is 0 Å². The molecule has 0 amide bonds. The Morgan fingerprint density at radius 3 is 2.20 bits per heavy atom. The average molecular weight is 700 g/mol. The molecule has 2 aliphatic rings. The summed E-state index contributed by atoms with van der Waals surface area (Å²) in [7, 11) is 0. The lowest BCUT2D eigenvalue weighted by Gasteiger charge is -2.22. The summed E-state index contributed by atoms with van der Waals surface area (Å²) in [5.74, 6) is 1.03. The van der Waals surface area contributed by atoms with Crippen LogP contribution < -0.4 is 0 Å². The number of benzene rings is 6. The number of fused-ring (bicyclic) bond motifs is 10. The van der Waals surface area contributed by atoms with Crippen molar-refractivity contribution in [1.82, 2.24) is 4.57 Å². The minimum absolute atomic E-state index is 0.168. The van der Waals surface area contributed by atoms with Gasteiger partial charge in [-0.1, -0.05) is 124 Å². The summed E-state index contributed by atoms with van der Waals surface area (Å²) >= 11 is 0. The van der Waals surface area contributed by atoms with Gasteiger partial charge in [0, 0.05) is 38.4 Å². The fourth-order valence-corrected chi connectivity index (χ4v) is 9.43. The highest BCUT2D eigenvalue weighted by Crippen LogP contribution is 2.53. The zero-order valence-electron chi connectivity index (χ0n) is 31.7. The molecule has 0 N–H and O–H groups in total. The molecule has 54 heavy (non-hydrogen) atoms. The smallest absolute Gasteiger partial charge is 0.143 e. The van der Waals surface area contributed by atoms with Gasteiger partial charge in [0.05, 0.1) is 11.0 Å². The van der Waals surface area contributed by atoms with Gasteiger partial charge in [-0.2, -0.15) is 0 Å². The Balaban J connectivity index is 1.17. The molecule has 0 saturated carbocycles. The molecule has 6 aromatic carbocycles. The summed E-state index contributed by atoms with van der Waals surface area (Å²) < 4.78 is 9.13. The van der Waals surface area contributed by atoms with Crippen molar-refractivity contribution in [2.24, 2.45) is 0 Å². The first kappa shape index (κ1) is 32.8. The lowest BCUT2D eigenvalue weighted by Crippen LogP contribution is -2.15. The number of nitrogens with zero attached hydrogens (tertiary/aromatic N) is 1. The molecule has 2 nitrogen and oxygen atoms in total. The van der Waals surface area contributed by atoms with Crippen molar-refractivity contribution in [3.8, 4) is 39.1 Å². The Hall–Kier alpha value is -5.86. The Morgan fingerprint density at radius 2 is 1.44 bits per heavy atom. The number of aryl methyl sites for hydroxylation is 2. The number of allylic oxidation sites excluding steroid dienone is 3. The second-order valence-electron chi connectivity index (χ2n) is 15.8. The molecule has 8 aromatic rings. The van der Waals surface area contributed by atoms with Crippen molar-refractivity contribution in [2.75, 3.05) is 0 Å². The van der Waals surface area contributed by atoms with E-state index in [1.54, 1.807) is 0 Å². The summed E-state index contributed by atoms with van der Waals surface area (Å²) in [6.45, 7) is 9.12. The summed E-state index contributed by atoms with van der Waals surface area (Å²) in [4.78, 5) is 0. The fourth-order valence-electron chi connectivity index (χ4n) is 9.43. The zero-order valence-corrected chi connectivity index (χ0v) is 31.7. The van der Waals surface area contributed by atoms with Crippen molar-refractivity contribution in [2.45, 2.75) is 65.2 Å². The maximum absolute atomic E-state index is 6.65. The van der Waals surface area contributed by atoms with Gasteiger partial charge < -0.3 is 8.98 Å². The molecule has 0 atom stereocenters. The molecule has 0 saturated heterocycles. The second-order valence-corrected chi connectivity index (χ2v) is 15.8. The number of aromatic nitrogens is 1. The normalized spacial score (nSPS) is 14.4. The molecule has 0 bridgehead atoms. The lowest BCUT2D eigenvalue weighted by atomic mass is 9.82. The number of rotatable bonds is 7. The molecule has 0 radical (unpaired) electrons. The van der Waals surface area contributed by atoms with Crippen LogP contribution in [0.1, 0.15) is 74.1 Å². The number of hydrogen-bond acceptors (Lipinski definition) is 1. The lowest BCUT2D eigenvalue weighted by molar-refractivity contribution is 0.595. The largest absolute Gasteiger partial charge is 0.456 e. The molecule has 0 unspecified atom stereocenters. The molecular weight excluding hydrogens is 655 g/mol. The van der Waals surface area contributed by atoms with Crippen LogP contribution in [-0.2, 0) is 24.7 Å². The molecule has 0 spiro atoms. The number of furan rings is 1. The minimum Gasteiger partial charge on any atom is -0.456 e. The van der Waals surface area contributed by atoms with Crippen LogP contribution in [0.5, 0.6) is 0 Å². The van der Waals surface area contributed by atoms with E-state index in [9.17, 15) is 0 Å². The van der Waals surface area contributed by atoms with E-state index in [1.165, 1.54) is 94.1 Å². The molecule has 2 aliphatic carbocycles. The minimum atomic E-state index is -0.168. The van der Waals surface area contributed by atoms with Gasteiger partial charge in [-0.15, -0.1) is 0 Å². The topological polar surface area (TPSA) is 18.1 Å². The van der Waals surface area contributed by atoms with E-state index in [2.05, 4.69) is 172 Å². The predicted molar refractivity (Wildman–Crippen MR) is 229 cm³/mol. The maximum atomic E-state index is 6.65. The fraction of sp³-hybridized carbons (Fsp3) is 0.192. The first-order valence-electron chi connectivity index (χ1n) is 19.7. The van der Waals surface area contributed by atoms with Crippen molar-refractivity contribution >= 4 is 38.9 Å². The summed E-state index contributed by atoms with van der Waals surface area (Å²) in [5, 5.41) is 3.80. The van der Waals surface area contributed by atoms with Gasteiger partial charge in [-0.25, -0.2) is 0 Å². The van der Waals surface area contributed by atoms with Crippen molar-refractivity contribution in [3.05, 3.63) is 167 Å². The van der Waals surface area contributed by atoms with Crippen LogP contribution in [0.25, 0.3) is 77.9 Å². The van der Waals surface area contributed by atoms with Crippen molar-refractivity contribution in [1.29, 1.82) is 0 Å². The first-order chi connectivity index (χ1) is 26.4. The molecule has 0 fully saturated rings. The average Bonchev–Trinajstić information content (AvgIpc) is 3.82. The van der Waals surface area contributed by atoms with E-state index >= 15 is 0 Å². The quantitative estimate of drug-likeness (QED) is 0.151. The number of hydrogen-bond donors (Lipinski definition) is 0. The Bertz CT molecular complexity index is 2840. The SMILES string of the molecule is C/C=C\Cc1cc(-c2ccc3c(c2)c2cc(-c4ccccc4)ccc2n3-c2ccc3c(c2)C(C)(C)c2ccc4c5c(oc4c2-3)C=CCC5)ccc1CCC. The molecule has 2 heteroatoms. The van der Waals surface area contributed by atoms with Gasteiger partial charge in [0.1, 0.15) is 11.3 Å². The third-order valence-electron chi connectivity index (χ3n) is 12.2. The van der Waals surface area contributed by atoms with Gasteiger partial charge in [-0.3, -0.25) is 0 Å². The van der Waals surface area contributed by atoms with Crippen LogP contribution in [0.4, 0.5) is 0 Å². The highest BCUT2D eigenvalue weighted by atomic mass is 16.3. The van der Waals surface area contributed by atoms with Crippen LogP contribution >= 0.6 is 0 Å². The van der Waals surface area contributed by atoms with Crippen LogP contribution in [0.15, 0.2) is 138 Å². The van der Waals surface area contributed by atoms with Gasteiger partial charge in [-0.05, 0) is 125 Å². The van der Waals surface area contributed by atoms with E-state index in [0.717, 1.165) is 43.4 Å². The molecule has 10 rings (SSSR count). The van der Waals surface area contributed by atoms with E-state index < -0.39 is 0 Å². The monoisotopic (exact) mass is 699 g/mol. The third kappa shape index (κ3) is 5.00. The highest BCUT2D eigenvalue weighted by Gasteiger charge is 2.38. The Morgan fingerprint density at radius 1 is 0.704 bits per heavy atom.